The first-order valence-corrected chi connectivity index (χ1v) is 4.09. The average Bonchev–Trinajstić information content (AvgIpc) is 2.47. The molecule has 0 bridgehead atoms. The zero-order valence-electron chi connectivity index (χ0n) is 6.36. The van der Waals surface area contributed by atoms with Gasteiger partial charge in [0.1, 0.15) is 0 Å². The summed E-state index contributed by atoms with van der Waals surface area (Å²) in [6, 6.07) is 9.75. The molecule has 0 fully saturated rings. The molecule has 0 aliphatic carbocycles. The van der Waals surface area contributed by atoms with Gasteiger partial charge in [-0.3, -0.25) is 0 Å². The van der Waals surface area contributed by atoms with Crippen LogP contribution in [0.4, 0.5) is 0 Å². The predicted octanol–water partition coefficient (Wildman–Crippen LogP) is 2.15. The Bertz CT molecular complexity index is 465. The molecule has 0 saturated heterocycles. The smallest absolute Gasteiger partial charge is 0.0991 e. The van der Waals surface area contributed by atoms with E-state index >= 15 is 0 Å². The number of aromatic nitrogens is 1. The number of hydrogen-bond donors (Lipinski definition) is 0. The Hall–Kier alpha value is -1.32. The molecule has 0 amide bonds. The van der Waals surface area contributed by atoms with Crippen LogP contribution in [0.3, 0.4) is 0 Å². The molecule has 1 heterocycles. The average molecular weight is 174 g/mol. The van der Waals surface area contributed by atoms with Gasteiger partial charge in [0, 0.05) is 11.6 Å². The van der Waals surface area contributed by atoms with Crippen molar-refractivity contribution in [2.45, 2.75) is 0 Å². The van der Waals surface area contributed by atoms with Crippen molar-refractivity contribution in [2.24, 2.45) is 0 Å². The highest BCUT2D eigenvalue weighted by Crippen LogP contribution is 2.18. The molecule has 1 atom stereocenters. The molecule has 0 radical (unpaired) electrons. The van der Waals surface area contributed by atoms with Crippen molar-refractivity contribution in [1.82, 2.24) is 4.34 Å². The number of benzene rings is 1. The van der Waals surface area contributed by atoms with E-state index in [4.69, 9.17) is 5.26 Å². The van der Waals surface area contributed by atoms with Crippen molar-refractivity contribution in [3.05, 3.63) is 36.0 Å². The molecule has 3 heteroatoms. The lowest BCUT2D eigenvalue weighted by Gasteiger charge is -1.94. The number of nitriles is 1. The molecule has 2 rings (SSSR count). The van der Waals surface area contributed by atoms with Crippen LogP contribution in [0.25, 0.3) is 10.9 Å². The Balaban J connectivity index is 2.80. The van der Waals surface area contributed by atoms with Crippen LogP contribution in [0.1, 0.15) is 5.56 Å². The number of rotatable bonds is 0. The first kappa shape index (κ1) is 7.34. The summed E-state index contributed by atoms with van der Waals surface area (Å²) < 4.78 is 1.95. The van der Waals surface area contributed by atoms with Crippen molar-refractivity contribution in [3.8, 4) is 6.07 Å². The number of fused-ring (bicyclic) bond motifs is 1. The Morgan fingerprint density at radius 1 is 1.33 bits per heavy atom. The van der Waals surface area contributed by atoms with E-state index in [0.717, 1.165) is 10.9 Å². The van der Waals surface area contributed by atoms with Crippen LogP contribution in [0.15, 0.2) is 30.5 Å². The Kier molecular flexibility index (Phi) is 1.60. The van der Waals surface area contributed by atoms with Crippen LogP contribution in [0.5, 0.6) is 0 Å². The second kappa shape index (κ2) is 2.62. The molecular formula is C9H7N2P. The van der Waals surface area contributed by atoms with Gasteiger partial charge in [-0.2, -0.15) is 5.26 Å². The van der Waals surface area contributed by atoms with Gasteiger partial charge in [0.15, 0.2) is 0 Å². The van der Waals surface area contributed by atoms with E-state index in [9.17, 15) is 0 Å². The van der Waals surface area contributed by atoms with Gasteiger partial charge in [0.05, 0.1) is 17.1 Å². The molecule has 2 aromatic rings. The quantitative estimate of drug-likeness (QED) is 0.562. The SMILES string of the molecule is N#Cc1ccc2c(ccn2P)c1. The molecule has 1 aromatic carbocycles. The van der Waals surface area contributed by atoms with Crippen LogP contribution in [0, 0.1) is 11.3 Å². The standard InChI is InChI=1S/C9H7N2P/c10-6-7-1-2-9-8(5-7)3-4-11(9)12/h1-5H,12H2. The van der Waals surface area contributed by atoms with Crippen molar-refractivity contribution >= 4 is 20.3 Å². The van der Waals surface area contributed by atoms with Crippen molar-refractivity contribution < 1.29 is 0 Å². The zero-order valence-corrected chi connectivity index (χ0v) is 7.51. The van der Waals surface area contributed by atoms with Crippen LogP contribution in [-0.4, -0.2) is 4.34 Å². The van der Waals surface area contributed by atoms with E-state index in [1.807, 2.05) is 34.8 Å². The summed E-state index contributed by atoms with van der Waals surface area (Å²) in [5.74, 6) is 0. The van der Waals surface area contributed by atoms with E-state index in [1.54, 1.807) is 0 Å². The Morgan fingerprint density at radius 2 is 2.17 bits per heavy atom. The molecule has 2 nitrogen and oxygen atoms in total. The highest BCUT2D eigenvalue weighted by molar-refractivity contribution is 7.14. The molecule has 58 valence electrons. The molecule has 0 N–H and O–H groups in total. The van der Waals surface area contributed by atoms with E-state index in [-0.39, 0.29) is 0 Å². The molecule has 0 aliphatic heterocycles. The Morgan fingerprint density at radius 3 is 2.92 bits per heavy atom. The first-order chi connectivity index (χ1) is 5.81. The molecule has 0 aliphatic rings. The third-order valence-electron chi connectivity index (χ3n) is 1.85. The fourth-order valence-corrected chi connectivity index (χ4v) is 1.55. The summed E-state index contributed by atoms with van der Waals surface area (Å²) in [7, 11) is 2.60. The van der Waals surface area contributed by atoms with Crippen molar-refractivity contribution in [3.63, 3.8) is 0 Å². The summed E-state index contributed by atoms with van der Waals surface area (Å²) in [6.45, 7) is 0. The van der Waals surface area contributed by atoms with Crippen LogP contribution in [-0.2, 0) is 0 Å². The molecule has 0 spiro atoms. The van der Waals surface area contributed by atoms with Gasteiger partial charge >= 0.3 is 0 Å². The van der Waals surface area contributed by atoms with Gasteiger partial charge in [0.25, 0.3) is 0 Å². The van der Waals surface area contributed by atoms with Crippen LogP contribution < -0.4 is 0 Å². The highest BCUT2D eigenvalue weighted by Gasteiger charge is 1.97. The lowest BCUT2D eigenvalue weighted by Crippen LogP contribution is -1.76. The minimum Gasteiger partial charge on any atom is -0.332 e. The highest BCUT2D eigenvalue weighted by atomic mass is 31.0. The molecular weight excluding hydrogens is 167 g/mol. The summed E-state index contributed by atoms with van der Waals surface area (Å²) in [5, 5.41) is 9.74. The predicted molar refractivity (Wildman–Crippen MR) is 51.8 cm³/mol. The van der Waals surface area contributed by atoms with Crippen LogP contribution in [0.2, 0.25) is 0 Å². The molecule has 12 heavy (non-hydrogen) atoms. The number of hydrogen-bond acceptors (Lipinski definition) is 1. The van der Waals surface area contributed by atoms with Gasteiger partial charge in [0.2, 0.25) is 0 Å². The maximum atomic E-state index is 8.64. The summed E-state index contributed by atoms with van der Waals surface area (Å²) in [6.07, 6.45) is 1.95. The van der Waals surface area contributed by atoms with Crippen molar-refractivity contribution in [2.75, 3.05) is 0 Å². The summed E-state index contributed by atoms with van der Waals surface area (Å²) in [5.41, 5.74) is 1.83. The third-order valence-corrected chi connectivity index (χ3v) is 2.30. The van der Waals surface area contributed by atoms with Gasteiger partial charge in [-0.25, -0.2) is 0 Å². The lowest BCUT2D eigenvalue weighted by molar-refractivity contribution is 1.35. The van der Waals surface area contributed by atoms with E-state index in [1.165, 1.54) is 0 Å². The largest absolute Gasteiger partial charge is 0.332 e. The summed E-state index contributed by atoms with van der Waals surface area (Å²) in [4.78, 5) is 0. The van der Waals surface area contributed by atoms with E-state index in [2.05, 4.69) is 15.5 Å². The zero-order chi connectivity index (χ0) is 8.55. The van der Waals surface area contributed by atoms with E-state index < -0.39 is 0 Å². The minimum atomic E-state index is 0.707. The summed E-state index contributed by atoms with van der Waals surface area (Å²) >= 11 is 0. The molecule has 1 unspecified atom stereocenters. The maximum Gasteiger partial charge on any atom is 0.0991 e. The van der Waals surface area contributed by atoms with Gasteiger partial charge < -0.3 is 4.34 Å². The third kappa shape index (κ3) is 0.995. The van der Waals surface area contributed by atoms with E-state index in [0.29, 0.717) is 5.56 Å². The minimum absolute atomic E-state index is 0.707. The van der Waals surface area contributed by atoms with Gasteiger partial charge in [-0.15, -0.1) is 0 Å². The fraction of sp³-hybridized carbons (Fsp3) is 0. The van der Waals surface area contributed by atoms with Gasteiger partial charge in [-0.05, 0) is 33.7 Å². The number of nitrogens with zero attached hydrogens (tertiary/aromatic N) is 2. The molecule has 0 saturated carbocycles. The fourth-order valence-electron chi connectivity index (χ4n) is 1.23. The maximum absolute atomic E-state index is 8.64. The van der Waals surface area contributed by atoms with Crippen molar-refractivity contribution in [1.29, 1.82) is 5.26 Å². The first-order valence-electron chi connectivity index (χ1n) is 3.57. The normalized spacial score (nSPS) is 10.0. The monoisotopic (exact) mass is 174 g/mol. The topological polar surface area (TPSA) is 28.7 Å². The van der Waals surface area contributed by atoms with Gasteiger partial charge in [-0.1, -0.05) is 0 Å². The Labute approximate surface area is 72.7 Å². The molecule has 1 aromatic heterocycles. The lowest BCUT2D eigenvalue weighted by atomic mass is 10.2. The second-order valence-electron chi connectivity index (χ2n) is 2.61. The van der Waals surface area contributed by atoms with Crippen LogP contribution >= 0.6 is 9.39 Å². The second-order valence-corrected chi connectivity index (χ2v) is 3.16.